The summed E-state index contributed by atoms with van der Waals surface area (Å²) in [5, 5.41) is 20.7. The molecular weight excluding hydrogens is 1100 g/mol. The molecule has 19 nitrogen and oxygen atoms in total. The maximum absolute atomic E-state index is 15.0. The zero-order valence-electron chi connectivity index (χ0n) is 52.4. The van der Waals surface area contributed by atoms with E-state index < -0.39 is 7.12 Å². The first-order valence-electron chi connectivity index (χ1n) is 29.5. The fourth-order valence-electron chi connectivity index (χ4n) is 11.0. The summed E-state index contributed by atoms with van der Waals surface area (Å²) in [6, 6.07) is 28.6. The van der Waals surface area contributed by atoms with Crippen LogP contribution in [0.5, 0.6) is 0 Å². The molecule has 2 saturated heterocycles. The highest BCUT2D eigenvalue weighted by molar-refractivity contribution is 6.62. The van der Waals surface area contributed by atoms with Gasteiger partial charge in [-0.3, -0.25) is 19.5 Å². The van der Waals surface area contributed by atoms with Crippen LogP contribution in [0.3, 0.4) is 0 Å². The molecule has 1 N–H and O–H groups in total. The molecule has 2 fully saturated rings. The van der Waals surface area contributed by atoms with Gasteiger partial charge in [0.2, 0.25) is 0 Å². The molecular formula is C66H76BFN14O5. The van der Waals surface area contributed by atoms with Crippen molar-refractivity contribution < 1.29 is 28.1 Å². The van der Waals surface area contributed by atoms with Crippen LogP contribution in [0.4, 0.5) is 4.39 Å². The SMILES string of the molecule is CCc1cc(C(=O)N2CCCCCC2C)nc2cc(-c3ccc(-c4cn[nH]c4)cc3F)nn12.Cc1cc(B2OC(C)(C)C(C)(C)O2)ccc1-c1cc2nc(C(=O)N(C)C)cc(C)n2n1.Cc1ccc(-c2cc3nc(C(=O)N(C)C)cc(C)n3n2)c(C)c1. The molecule has 2 aliphatic rings. The third-order valence-electron chi connectivity index (χ3n) is 16.6. The molecule has 0 bridgehead atoms. The van der Waals surface area contributed by atoms with Gasteiger partial charge >= 0.3 is 7.12 Å². The van der Waals surface area contributed by atoms with Crippen LogP contribution in [0.15, 0.2) is 103 Å². The lowest BCUT2D eigenvalue weighted by molar-refractivity contribution is 0.00578. The number of aryl methyl sites for hydroxylation is 6. The topological polar surface area (TPSA) is 199 Å². The van der Waals surface area contributed by atoms with E-state index in [0.29, 0.717) is 51.7 Å². The molecule has 0 saturated carbocycles. The Hall–Kier alpha value is -8.95. The van der Waals surface area contributed by atoms with Gasteiger partial charge in [0.25, 0.3) is 17.7 Å². The number of carbonyl (C=O) groups is 3. The summed E-state index contributed by atoms with van der Waals surface area (Å²) < 4.78 is 32.6. The van der Waals surface area contributed by atoms with Crippen molar-refractivity contribution in [2.24, 2.45) is 0 Å². The minimum absolute atomic E-state index is 0.0417. The average molecular weight is 1180 g/mol. The first-order chi connectivity index (χ1) is 41.3. The Morgan fingerprint density at radius 2 is 1.16 bits per heavy atom. The van der Waals surface area contributed by atoms with Gasteiger partial charge in [0, 0.05) is 105 Å². The molecule has 450 valence electrons. The number of H-pyrrole nitrogens is 1. The van der Waals surface area contributed by atoms with Crippen LogP contribution in [0, 0.1) is 40.4 Å². The molecule has 9 heterocycles. The van der Waals surface area contributed by atoms with Crippen molar-refractivity contribution in [1.29, 1.82) is 0 Å². The van der Waals surface area contributed by atoms with E-state index in [1.54, 1.807) is 78.4 Å². The minimum atomic E-state index is -0.401. The highest BCUT2D eigenvalue weighted by atomic mass is 19.1. The van der Waals surface area contributed by atoms with E-state index in [0.717, 1.165) is 94.0 Å². The standard InChI is InChI=1S/C25H27FN6O.C23H29BN4O3.C18H20N4O/c1-3-19-12-23(25(33)31-10-6-4-5-7-16(31)2)29-24-13-22(30-32(19)24)20-9-8-17(11-21(20)26)18-14-27-28-15-18;1-14-11-16(24-30-22(3,4)23(5,6)31-24)9-10-17(14)18-13-20-25-19(21(29)27(7)8)12-15(2)28(20)26-18;1-11-6-7-14(12(2)8-11)15-10-17-19-16(18(23)21(4)5)9-13(3)22(17)20-15/h8-9,11-16H,3-7,10H2,1-2H3,(H,27,28);9-13H,1-8H3;6-10H,1-5H3. The van der Waals surface area contributed by atoms with Gasteiger partial charge in [0.1, 0.15) is 22.9 Å². The number of rotatable bonds is 9. The number of nitrogens with one attached hydrogen (secondary N) is 1. The maximum atomic E-state index is 15.0. The Labute approximate surface area is 507 Å². The molecule has 21 heteroatoms. The number of likely N-dealkylation sites (tertiary alicyclic amines) is 1. The molecule has 7 aromatic heterocycles. The molecule has 0 aliphatic carbocycles. The monoisotopic (exact) mass is 1170 g/mol. The molecule has 1 unspecified atom stereocenters. The Balaban J connectivity index is 0.000000147. The number of nitrogens with zero attached hydrogens (tertiary/aromatic N) is 13. The summed E-state index contributed by atoms with van der Waals surface area (Å²) in [5.41, 5.74) is 15.7. The number of amides is 3. The van der Waals surface area contributed by atoms with Crippen LogP contribution in [0.2, 0.25) is 0 Å². The normalized spacial score (nSPS) is 15.5. The van der Waals surface area contributed by atoms with Crippen molar-refractivity contribution in [2.75, 3.05) is 34.7 Å². The summed E-state index contributed by atoms with van der Waals surface area (Å²) in [5.74, 6) is -0.647. The fourth-order valence-corrected chi connectivity index (χ4v) is 11.0. The molecule has 1 atom stereocenters. The number of hydrogen-bond donors (Lipinski definition) is 1. The van der Waals surface area contributed by atoms with Gasteiger partial charge in [-0.1, -0.05) is 67.8 Å². The van der Waals surface area contributed by atoms with Crippen molar-refractivity contribution in [1.82, 2.24) is 68.7 Å². The Morgan fingerprint density at radius 3 is 1.69 bits per heavy atom. The molecule has 3 amide bonds. The van der Waals surface area contributed by atoms with E-state index >= 15 is 4.39 Å². The molecule has 10 aromatic rings. The smallest absolute Gasteiger partial charge is 0.399 e. The van der Waals surface area contributed by atoms with Crippen molar-refractivity contribution in [2.45, 2.75) is 126 Å². The fraction of sp³-hybridized carbons (Fsp3) is 0.364. The zero-order valence-corrected chi connectivity index (χ0v) is 52.4. The lowest BCUT2D eigenvalue weighted by Gasteiger charge is -2.32. The Kier molecular flexibility index (Phi) is 17.2. The van der Waals surface area contributed by atoms with E-state index in [1.807, 2.05) is 62.1 Å². The number of benzene rings is 3. The van der Waals surface area contributed by atoms with Crippen LogP contribution in [-0.2, 0) is 15.7 Å². The van der Waals surface area contributed by atoms with Gasteiger partial charge in [-0.2, -0.15) is 20.4 Å². The van der Waals surface area contributed by atoms with E-state index in [1.165, 1.54) is 27.0 Å². The predicted octanol–water partition coefficient (Wildman–Crippen LogP) is 10.9. The highest BCUT2D eigenvalue weighted by Crippen LogP contribution is 2.37. The van der Waals surface area contributed by atoms with Crippen LogP contribution >= 0.6 is 0 Å². The van der Waals surface area contributed by atoms with Gasteiger partial charge < -0.3 is 24.0 Å². The molecule has 0 spiro atoms. The second kappa shape index (κ2) is 24.4. The van der Waals surface area contributed by atoms with E-state index in [2.05, 4.69) is 115 Å². The van der Waals surface area contributed by atoms with E-state index in [9.17, 15) is 14.4 Å². The van der Waals surface area contributed by atoms with Crippen LogP contribution in [-0.4, -0.2) is 146 Å². The molecule has 0 radical (unpaired) electrons. The number of carbonyl (C=O) groups excluding carboxylic acids is 3. The number of aromatic nitrogens is 11. The summed E-state index contributed by atoms with van der Waals surface area (Å²) in [7, 11) is 6.48. The Bertz CT molecular complexity index is 4220. The quantitative estimate of drug-likeness (QED) is 0.134. The lowest BCUT2D eigenvalue weighted by Crippen LogP contribution is -2.41. The first kappa shape index (κ1) is 61.2. The summed E-state index contributed by atoms with van der Waals surface area (Å²) in [6.07, 6.45) is 8.38. The lowest BCUT2D eigenvalue weighted by atomic mass is 9.77. The molecule has 3 aromatic carbocycles. The van der Waals surface area contributed by atoms with Gasteiger partial charge in [-0.05, 0) is 141 Å². The van der Waals surface area contributed by atoms with Gasteiger partial charge in [-0.25, -0.2) is 32.9 Å². The highest BCUT2D eigenvalue weighted by Gasteiger charge is 2.51. The summed E-state index contributed by atoms with van der Waals surface area (Å²) in [6.45, 7) is 23.1. The van der Waals surface area contributed by atoms with Crippen molar-refractivity contribution >= 4 is 47.2 Å². The third kappa shape index (κ3) is 12.5. The van der Waals surface area contributed by atoms with Crippen molar-refractivity contribution in [3.8, 4) is 44.9 Å². The minimum Gasteiger partial charge on any atom is -0.399 e. The van der Waals surface area contributed by atoms with Gasteiger partial charge in [-0.15, -0.1) is 0 Å². The van der Waals surface area contributed by atoms with Gasteiger partial charge in [0.15, 0.2) is 16.9 Å². The number of fused-ring (bicyclic) bond motifs is 3. The van der Waals surface area contributed by atoms with E-state index in [-0.39, 0.29) is 40.8 Å². The van der Waals surface area contributed by atoms with Crippen molar-refractivity contribution in [3.63, 3.8) is 0 Å². The summed E-state index contributed by atoms with van der Waals surface area (Å²) in [4.78, 5) is 56.4. The third-order valence-corrected chi connectivity index (χ3v) is 16.6. The molecule has 2 aliphatic heterocycles. The largest absolute Gasteiger partial charge is 0.494 e. The zero-order chi connectivity index (χ0) is 62.4. The predicted molar refractivity (Wildman–Crippen MR) is 337 cm³/mol. The molecule has 12 rings (SSSR count). The summed E-state index contributed by atoms with van der Waals surface area (Å²) >= 11 is 0. The van der Waals surface area contributed by atoms with Crippen LogP contribution in [0.25, 0.3) is 61.8 Å². The maximum Gasteiger partial charge on any atom is 0.494 e. The number of aromatic amines is 1. The number of halogens is 1. The second-order valence-corrected chi connectivity index (χ2v) is 24.2. The molecule has 87 heavy (non-hydrogen) atoms. The number of hydrogen-bond acceptors (Lipinski definition) is 12. The van der Waals surface area contributed by atoms with Crippen molar-refractivity contribution in [3.05, 3.63) is 160 Å². The van der Waals surface area contributed by atoms with Crippen LogP contribution < -0.4 is 5.46 Å². The van der Waals surface area contributed by atoms with E-state index in [4.69, 9.17) is 14.4 Å². The first-order valence-corrected chi connectivity index (χ1v) is 29.5. The van der Waals surface area contributed by atoms with Gasteiger partial charge in [0.05, 0.1) is 34.5 Å². The second-order valence-electron chi connectivity index (χ2n) is 24.2. The van der Waals surface area contributed by atoms with Crippen LogP contribution in [0.1, 0.15) is 132 Å². The Morgan fingerprint density at radius 1 is 0.632 bits per heavy atom. The average Bonchev–Trinajstić information content (AvgIpc) is 1.79.